The van der Waals surface area contributed by atoms with Gasteiger partial charge in [0.15, 0.2) is 0 Å². The molecule has 9 rings (SSSR count). The third-order valence-corrected chi connectivity index (χ3v) is 9.84. The van der Waals surface area contributed by atoms with E-state index in [9.17, 15) is 0 Å². The van der Waals surface area contributed by atoms with Crippen LogP contribution in [-0.2, 0) is 0 Å². The highest BCUT2D eigenvalue weighted by Crippen LogP contribution is 2.42. The lowest BCUT2D eigenvalue weighted by Gasteiger charge is -2.27. The van der Waals surface area contributed by atoms with Crippen LogP contribution in [0.3, 0.4) is 0 Å². The summed E-state index contributed by atoms with van der Waals surface area (Å²) >= 11 is 0. The van der Waals surface area contributed by atoms with Crippen molar-refractivity contribution in [2.75, 3.05) is 4.90 Å². The van der Waals surface area contributed by atoms with Crippen LogP contribution in [0.5, 0.6) is 0 Å². The summed E-state index contributed by atoms with van der Waals surface area (Å²) in [7, 11) is 0. The highest BCUT2D eigenvalue weighted by Gasteiger charge is 2.17. The van der Waals surface area contributed by atoms with Crippen molar-refractivity contribution in [3.05, 3.63) is 212 Å². The molecule has 0 aliphatic carbocycles. The van der Waals surface area contributed by atoms with Gasteiger partial charge in [0.25, 0.3) is 0 Å². The Morgan fingerprint density at radius 2 is 0.784 bits per heavy atom. The summed E-state index contributed by atoms with van der Waals surface area (Å²) in [6, 6.07) is 76.6. The topological polar surface area (TPSA) is 3.24 Å². The molecule has 0 unspecified atom stereocenters. The van der Waals surface area contributed by atoms with E-state index < -0.39 is 0 Å². The quantitative estimate of drug-likeness (QED) is 0.166. The van der Waals surface area contributed by atoms with Crippen molar-refractivity contribution in [2.24, 2.45) is 0 Å². The van der Waals surface area contributed by atoms with Gasteiger partial charge in [-0.05, 0) is 102 Å². The van der Waals surface area contributed by atoms with Gasteiger partial charge < -0.3 is 4.90 Å². The van der Waals surface area contributed by atoms with E-state index >= 15 is 0 Å². The molecule has 240 valence electrons. The van der Waals surface area contributed by atoms with Crippen molar-refractivity contribution in [3.8, 4) is 44.5 Å². The summed E-state index contributed by atoms with van der Waals surface area (Å²) in [4.78, 5) is 2.38. The molecule has 0 aliphatic heterocycles. The first-order valence-corrected chi connectivity index (χ1v) is 17.5. The van der Waals surface area contributed by atoms with Crippen LogP contribution in [0.2, 0.25) is 0 Å². The molecule has 0 bridgehead atoms. The Morgan fingerprint density at radius 1 is 0.255 bits per heavy atom. The average molecular weight is 650 g/mol. The lowest BCUT2D eigenvalue weighted by Crippen LogP contribution is -2.10. The summed E-state index contributed by atoms with van der Waals surface area (Å²) in [5, 5.41) is 4.98. The van der Waals surface area contributed by atoms with Gasteiger partial charge in [-0.2, -0.15) is 0 Å². The molecule has 9 aromatic carbocycles. The summed E-state index contributed by atoms with van der Waals surface area (Å²) in [6.45, 7) is 0. The third kappa shape index (κ3) is 5.86. The van der Waals surface area contributed by atoms with Gasteiger partial charge in [0.05, 0.1) is 0 Å². The largest absolute Gasteiger partial charge is 0.310 e. The van der Waals surface area contributed by atoms with Crippen molar-refractivity contribution in [3.63, 3.8) is 0 Å². The van der Waals surface area contributed by atoms with E-state index in [1.165, 1.54) is 66.1 Å². The highest BCUT2D eigenvalue weighted by molar-refractivity contribution is 6.04. The van der Waals surface area contributed by atoms with Crippen LogP contribution in [0.1, 0.15) is 0 Å². The molecule has 0 aromatic heterocycles. The summed E-state index contributed by atoms with van der Waals surface area (Å²) in [5.74, 6) is 0. The van der Waals surface area contributed by atoms with E-state index in [2.05, 4.69) is 217 Å². The molecule has 0 radical (unpaired) electrons. The fourth-order valence-electron chi connectivity index (χ4n) is 7.41. The monoisotopic (exact) mass is 649 g/mol. The van der Waals surface area contributed by atoms with E-state index in [-0.39, 0.29) is 0 Å². The van der Waals surface area contributed by atoms with Crippen molar-refractivity contribution in [1.29, 1.82) is 0 Å². The zero-order chi connectivity index (χ0) is 34.0. The second kappa shape index (κ2) is 13.3. The zero-order valence-electron chi connectivity index (χ0n) is 28.2. The van der Waals surface area contributed by atoms with Gasteiger partial charge in [-0.3, -0.25) is 0 Å². The van der Waals surface area contributed by atoms with Crippen LogP contribution >= 0.6 is 0 Å². The molecule has 0 amide bonds. The molecule has 1 heteroatoms. The lowest BCUT2D eigenvalue weighted by molar-refractivity contribution is 1.28. The van der Waals surface area contributed by atoms with E-state index in [4.69, 9.17) is 0 Å². The number of hydrogen-bond donors (Lipinski definition) is 0. The molecule has 0 atom stereocenters. The Labute approximate surface area is 299 Å². The minimum Gasteiger partial charge on any atom is -0.310 e. The van der Waals surface area contributed by atoms with Crippen LogP contribution in [0.15, 0.2) is 212 Å². The maximum atomic E-state index is 2.38. The second-order valence-electron chi connectivity index (χ2n) is 13.0. The van der Waals surface area contributed by atoms with Crippen molar-refractivity contribution in [2.45, 2.75) is 0 Å². The first-order chi connectivity index (χ1) is 25.3. The van der Waals surface area contributed by atoms with Gasteiger partial charge in [-0.1, -0.05) is 176 Å². The minimum absolute atomic E-state index is 1.10. The zero-order valence-corrected chi connectivity index (χ0v) is 28.2. The van der Waals surface area contributed by atoms with Crippen LogP contribution in [0.25, 0.3) is 66.1 Å². The van der Waals surface area contributed by atoms with Crippen LogP contribution in [0.4, 0.5) is 17.1 Å². The number of benzene rings is 9. The van der Waals surface area contributed by atoms with Gasteiger partial charge in [0.2, 0.25) is 0 Å². The summed E-state index contributed by atoms with van der Waals surface area (Å²) in [6.07, 6.45) is 0. The van der Waals surface area contributed by atoms with Crippen molar-refractivity contribution >= 4 is 38.6 Å². The van der Waals surface area contributed by atoms with E-state index in [0.717, 1.165) is 17.1 Å². The fourth-order valence-corrected chi connectivity index (χ4v) is 7.41. The molecule has 0 spiro atoms. The molecule has 9 aromatic rings. The fraction of sp³-hybridized carbons (Fsp3) is 0. The van der Waals surface area contributed by atoms with Crippen LogP contribution in [0, 0.1) is 0 Å². The van der Waals surface area contributed by atoms with Gasteiger partial charge >= 0.3 is 0 Å². The summed E-state index contributed by atoms with van der Waals surface area (Å²) in [5.41, 5.74) is 13.0. The van der Waals surface area contributed by atoms with E-state index in [1.807, 2.05) is 0 Å². The summed E-state index contributed by atoms with van der Waals surface area (Å²) < 4.78 is 0. The van der Waals surface area contributed by atoms with E-state index in [1.54, 1.807) is 0 Å². The number of hydrogen-bond acceptors (Lipinski definition) is 1. The molecule has 1 nitrogen and oxygen atoms in total. The maximum absolute atomic E-state index is 2.38. The normalized spacial score (nSPS) is 11.1. The SMILES string of the molecule is c1ccc(-c2cccc(N(c3ccc(-c4c(-c5ccccc5)ccc5ccccc45)cc3)c3cccc(-c4cccc5ccccc45)c3)c2)cc1. The van der Waals surface area contributed by atoms with Gasteiger partial charge in [0, 0.05) is 17.1 Å². The molecule has 51 heavy (non-hydrogen) atoms. The molecule has 0 fully saturated rings. The Kier molecular flexibility index (Phi) is 7.92. The predicted molar refractivity (Wildman–Crippen MR) is 218 cm³/mol. The van der Waals surface area contributed by atoms with Gasteiger partial charge in [-0.15, -0.1) is 0 Å². The Balaban J connectivity index is 1.20. The van der Waals surface area contributed by atoms with Crippen molar-refractivity contribution in [1.82, 2.24) is 0 Å². The average Bonchev–Trinajstić information content (AvgIpc) is 3.21. The smallest absolute Gasteiger partial charge is 0.0467 e. The van der Waals surface area contributed by atoms with Gasteiger partial charge in [0.1, 0.15) is 0 Å². The molecule has 0 N–H and O–H groups in total. The second-order valence-corrected chi connectivity index (χ2v) is 13.0. The first kappa shape index (κ1) is 30.4. The number of anilines is 3. The molecule has 0 heterocycles. The van der Waals surface area contributed by atoms with Crippen LogP contribution in [-0.4, -0.2) is 0 Å². The molecule has 0 saturated carbocycles. The highest BCUT2D eigenvalue weighted by atomic mass is 15.1. The maximum Gasteiger partial charge on any atom is 0.0467 e. The van der Waals surface area contributed by atoms with Crippen molar-refractivity contribution < 1.29 is 0 Å². The standard InChI is InChI=1S/C50H35N/c1-3-14-36(15-4-1)41-21-11-23-44(34-41)51(45-24-12-22-42(35-45)47-27-13-20-37-18-7-9-25-46(37)47)43-31-28-40(29-32-43)50-48-26-10-8-19-39(48)30-33-49(50)38-16-5-2-6-17-38/h1-35H. The van der Waals surface area contributed by atoms with Crippen LogP contribution < -0.4 is 4.90 Å². The minimum atomic E-state index is 1.10. The third-order valence-electron chi connectivity index (χ3n) is 9.84. The Morgan fingerprint density at radius 3 is 1.51 bits per heavy atom. The lowest BCUT2D eigenvalue weighted by atomic mass is 9.89. The van der Waals surface area contributed by atoms with E-state index in [0.29, 0.717) is 0 Å². The molecular formula is C50H35N. The number of rotatable bonds is 7. The predicted octanol–water partition coefficient (Wildman–Crippen LogP) is 14.1. The first-order valence-electron chi connectivity index (χ1n) is 17.5. The Bertz CT molecular complexity index is 2620. The Hall–Kier alpha value is -6.70. The molecular weight excluding hydrogens is 615 g/mol. The number of fused-ring (bicyclic) bond motifs is 2. The van der Waals surface area contributed by atoms with Gasteiger partial charge in [-0.25, -0.2) is 0 Å². The molecule has 0 aliphatic rings. The molecule has 0 saturated heterocycles. The number of nitrogens with zero attached hydrogens (tertiary/aromatic N) is 1.